The van der Waals surface area contributed by atoms with Crippen molar-refractivity contribution in [3.05, 3.63) is 35.1 Å². The lowest BCUT2D eigenvalue weighted by Crippen LogP contribution is -2.58. The normalized spacial score (nSPS) is 25.2. The van der Waals surface area contributed by atoms with Crippen LogP contribution in [0.5, 0.6) is 0 Å². The fourth-order valence-electron chi connectivity index (χ4n) is 6.25. The van der Waals surface area contributed by atoms with Gasteiger partial charge in [0, 0.05) is 12.1 Å². The highest BCUT2D eigenvalue weighted by molar-refractivity contribution is 5.95. The van der Waals surface area contributed by atoms with Gasteiger partial charge in [0.1, 0.15) is 17.5 Å². The van der Waals surface area contributed by atoms with Crippen LogP contribution in [0.4, 0.5) is 14.0 Å². The number of carbonyl (C=O) groups excluding carboxylic acids is 5. The molecule has 3 aliphatic rings. The molecule has 1 radical (unpaired) electrons. The van der Waals surface area contributed by atoms with Crippen LogP contribution >= 0.6 is 0 Å². The maximum absolute atomic E-state index is 14.3. The number of rotatable bonds is 3. The van der Waals surface area contributed by atoms with E-state index in [9.17, 15) is 28.4 Å². The maximum atomic E-state index is 14.3. The smallest absolute Gasteiger partial charge is 0.410 e. The number of amides is 4. The Bertz CT molecular complexity index is 1280. The number of carbonyl (C=O) groups is 5. The van der Waals surface area contributed by atoms with Crippen molar-refractivity contribution < 1.29 is 42.6 Å². The molecule has 12 nitrogen and oxygen atoms in total. The van der Waals surface area contributed by atoms with E-state index in [-0.39, 0.29) is 26.1 Å². The molecule has 0 spiro atoms. The minimum Gasteiger partial charge on any atom is -0.467 e. The maximum Gasteiger partial charge on any atom is 0.410 e. The highest BCUT2D eigenvalue weighted by atomic mass is 19.1. The van der Waals surface area contributed by atoms with Crippen molar-refractivity contribution >= 4 is 30.0 Å². The first kappa shape index (κ1) is 35.1. The van der Waals surface area contributed by atoms with Gasteiger partial charge < -0.3 is 24.8 Å². The van der Waals surface area contributed by atoms with Gasteiger partial charge in [0.25, 0.3) is 5.91 Å². The summed E-state index contributed by atoms with van der Waals surface area (Å²) in [6, 6.07) is 1.70. The molecular formula is C33H47FN4O8+. The third-order valence-corrected chi connectivity index (χ3v) is 8.58. The van der Waals surface area contributed by atoms with Crippen LogP contribution in [0.3, 0.4) is 0 Å². The van der Waals surface area contributed by atoms with Gasteiger partial charge in [0.15, 0.2) is 18.7 Å². The number of ether oxygens (including phenoxy) is 3. The number of fused-ring (bicyclic) bond motifs is 2. The molecule has 4 unspecified atom stereocenters. The van der Waals surface area contributed by atoms with Gasteiger partial charge in [0.05, 0.1) is 20.1 Å². The number of hydrogen-bond acceptors (Lipinski definition) is 8. The molecular weight excluding hydrogens is 599 g/mol. The third kappa shape index (κ3) is 9.40. The minimum atomic E-state index is -1.08. The topological polar surface area (TPSA) is 146 Å². The summed E-state index contributed by atoms with van der Waals surface area (Å²) >= 11 is 0. The summed E-state index contributed by atoms with van der Waals surface area (Å²) in [4.78, 5) is 69.1. The Morgan fingerprint density at radius 3 is 2.33 bits per heavy atom. The van der Waals surface area contributed by atoms with Gasteiger partial charge in [-0.05, 0) is 45.2 Å². The van der Waals surface area contributed by atoms with Gasteiger partial charge in [-0.1, -0.05) is 62.0 Å². The summed E-state index contributed by atoms with van der Waals surface area (Å²) in [6.07, 6.45) is 4.44. The monoisotopic (exact) mass is 646 g/mol. The molecule has 0 aliphatic carbocycles. The quantitative estimate of drug-likeness (QED) is 0.283. The van der Waals surface area contributed by atoms with Gasteiger partial charge in [-0.2, -0.15) is 0 Å². The summed E-state index contributed by atoms with van der Waals surface area (Å²) in [5, 5.41) is 5.46. The Morgan fingerprint density at radius 1 is 1.00 bits per heavy atom. The molecule has 2 saturated heterocycles. The number of benzene rings is 1. The number of nitrogens with one attached hydrogen (secondary N) is 2. The average Bonchev–Trinajstić information content (AvgIpc) is 3.62. The largest absolute Gasteiger partial charge is 0.467 e. The summed E-state index contributed by atoms with van der Waals surface area (Å²) < 4.78 is 30.5. The first-order valence-electron chi connectivity index (χ1n) is 16.3. The molecule has 2 fully saturated rings. The van der Waals surface area contributed by atoms with E-state index < -0.39 is 65.6 Å². The van der Waals surface area contributed by atoms with E-state index in [0.29, 0.717) is 36.8 Å². The number of nitrogens with zero attached hydrogens (tertiary/aromatic N) is 2. The SMILES string of the molecule is COC(=O)C1CCCCCCCCCC(NC(=O)OC(C)(C)C)C(=O)[N+]2CC(OC(=O)N3Cc4cccc(F)c4C3)CC2C(=O)N1. The number of methoxy groups -OCH3 is 1. The van der Waals surface area contributed by atoms with Crippen LogP contribution < -0.4 is 15.5 Å². The molecule has 0 bridgehead atoms. The summed E-state index contributed by atoms with van der Waals surface area (Å²) in [5.41, 5.74) is 0.321. The minimum absolute atomic E-state index is 0.0223. The van der Waals surface area contributed by atoms with E-state index >= 15 is 0 Å². The van der Waals surface area contributed by atoms with Crippen molar-refractivity contribution in [2.45, 2.75) is 128 Å². The molecule has 0 saturated carbocycles. The van der Waals surface area contributed by atoms with Crippen molar-refractivity contribution in [3.63, 3.8) is 0 Å². The van der Waals surface area contributed by atoms with E-state index in [1.54, 1.807) is 32.9 Å². The van der Waals surface area contributed by atoms with Crippen LogP contribution in [0.25, 0.3) is 0 Å². The van der Waals surface area contributed by atoms with Gasteiger partial charge in [0.2, 0.25) is 6.04 Å². The van der Waals surface area contributed by atoms with Crippen LogP contribution in [0, 0.1) is 5.82 Å². The van der Waals surface area contributed by atoms with E-state index in [2.05, 4.69) is 10.6 Å². The fraction of sp³-hybridized carbons (Fsp3) is 0.667. The molecule has 3 aliphatic heterocycles. The first-order valence-corrected chi connectivity index (χ1v) is 16.3. The zero-order valence-corrected chi connectivity index (χ0v) is 27.3. The van der Waals surface area contributed by atoms with Crippen LogP contribution in [0.1, 0.15) is 96.1 Å². The Morgan fingerprint density at radius 2 is 1.67 bits per heavy atom. The van der Waals surface area contributed by atoms with Gasteiger partial charge in [-0.25, -0.2) is 23.6 Å². The van der Waals surface area contributed by atoms with Gasteiger partial charge in [-0.15, -0.1) is 0 Å². The fourth-order valence-corrected chi connectivity index (χ4v) is 6.25. The Hall–Kier alpha value is -3.74. The average molecular weight is 647 g/mol. The van der Waals surface area contributed by atoms with E-state index in [0.717, 1.165) is 32.1 Å². The van der Waals surface area contributed by atoms with Crippen molar-refractivity contribution in [2.24, 2.45) is 0 Å². The van der Waals surface area contributed by atoms with Crippen molar-refractivity contribution in [2.75, 3.05) is 13.7 Å². The number of halogens is 1. The molecule has 4 rings (SSSR count). The highest BCUT2D eigenvalue weighted by Crippen LogP contribution is 2.28. The van der Waals surface area contributed by atoms with Gasteiger partial charge >= 0.3 is 24.1 Å². The van der Waals surface area contributed by atoms with E-state index in [4.69, 9.17) is 14.2 Å². The Kier molecular flexibility index (Phi) is 12.0. The zero-order chi connectivity index (χ0) is 33.4. The zero-order valence-electron chi connectivity index (χ0n) is 27.3. The van der Waals surface area contributed by atoms with E-state index in [1.807, 2.05) is 0 Å². The number of alkyl carbamates (subject to hydrolysis) is 1. The lowest BCUT2D eigenvalue weighted by molar-refractivity contribution is -0.146. The molecule has 46 heavy (non-hydrogen) atoms. The lowest BCUT2D eigenvalue weighted by atomic mass is 10.0. The molecule has 13 heteroatoms. The third-order valence-electron chi connectivity index (χ3n) is 8.58. The molecule has 1 aromatic carbocycles. The van der Waals surface area contributed by atoms with Crippen molar-refractivity contribution in [1.82, 2.24) is 20.4 Å². The molecule has 0 aromatic heterocycles. The molecule has 4 amide bonds. The predicted octanol–water partition coefficient (Wildman–Crippen LogP) is 4.16. The number of esters is 1. The highest BCUT2D eigenvalue weighted by Gasteiger charge is 2.54. The van der Waals surface area contributed by atoms with Crippen LogP contribution in [0.2, 0.25) is 0 Å². The number of hydrogen-bond donors (Lipinski definition) is 2. The van der Waals surface area contributed by atoms with Crippen molar-refractivity contribution in [1.29, 1.82) is 0 Å². The Labute approximate surface area is 269 Å². The van der Waals surface area contributed by atoms with Crippen LogP contribution in [0.15, 0.2) is 18.2 Å². The standard InChI is InChI=1S/C33H47FN4O8/c1-33(2,3)46-31(42)36-25-15-10-8-6-5-7-9-11-16-26(30(41)44-4)35-28(39)27-17-22(19-38(27)29(25)40)45-32(43)37-18-21-13-12-14-24(34)23(21)20-37/h12-14,22,25-27H,5-11,15-20H2,1-4H3,(H,35,39)(H,36,42)/q+1. The molecule has 2 N–H and O–H groups in total. The second kappa shape index (κ2) is 15.7. The second-order valence-electron chi connectivity index (χ2n) is 13.3. The second-order valence-corrected chi connectivity index (χ2v) is 13.3. The lowest BCUT2D eigenvalue weighted by Gasteiger charge is -2.24. The van der Waals surface area contributed by atoms with Gasteiger partial charge in [-0.3, -0.25) is 9.69 Å². The first-order chi connectivity index (χ1) is 21.9. The summed E-state index contributed by atoms with van der Waals surface area (Å²) in [6.45, 7) is 5.28. The van der Waals surface area contributed by atoms with Crippen molar-refractivity contribution in [3.8, 4) is 0 Å². The molecule has 4 atom stereocenters. The molecule has 253 valence electrons. The van der Waals surface area contributed by atoms with E-state index in [1.165, 1.54) is 23.0 Å². The Balaban J connectivity index is 1.55. The predicted molar refractivity (Wildman–Crippen MR) is 165 cm³/mol. The molecule has 1 aromatic rings. The van der Waals surface area contributed by atoms with Crippen LogP contribution in [-0.4, -0.2) is 78.4 Å². The summed E-state index contributed by atoms with van der Waals surface area (Å²) in [5.74, 6) is -2.08. The summed E-state index contributed by atoms with van der Waals surface area (Å²) in [7, 11) is 1.25. The molecule has 3 heterocycles. The van der Waals surface area contributed by atoms with Crippen LogP contribution in [-0.2, 0) is 41.7 Å².